The number of hydrogen-bond acceptors (Lipinski definition) is 4. The fourth-order valence-corrected chi connectivity index (χ4v) is 13.9. The summed E-state index contributed by atoms with van der Waals surface area (Å²) in [5.74, 6) is 0.765. The first-order valence-electron chi connectivity index (χ1n) is 29.8. The molecule has 0 aliphatic carbocycles. The molecular weight excluding hydrogens is 1070 g/mol. The molecule has 410 valence electrons. The molecule has 0 aliphatic rings. The summed E-state index contributed by atoms with van der Waals surface area (Å²) in [6.45, 7) is 0. The van der Waals surface area contributed by atoms with Crippen LogP contribution in [0.5, 0.6) is 0 Å². The predicted octanol–water partition coefficient (Wildman–Crippen LogP) is 20.0. The van der Waals surface area contributed by atoms with Crippen LogP contribution in [0.1, 0.15) is 0 Å². The molecule has 0 amide bonds. The quantitative estimate of drug-likeness (QED) is 0.144. The molecule has 8 nitrogen and oxygen atoms in total. The molecule has 0 radical (unpaired) electrons. The van der Waals surface area contributed by atoms with Gasteiger partial charge in [0.05, 0.1) is 89.7 Å². The van der Waals surface area contributed by atoms with Crippen molar-refractivity contribution < 1.29 is 0 Å². The molecule has 18 aromatic rings. The van der Waals surface area contributed by atoms with Crippen molar-refractivity contribution in [3.63, 3.8) is 0 Å². The van der Waals surface area contributed by atoms with E-state index >= 15 is 0 Å². The Bertz CT molecular complexity index is 4930. The first-order valence-corrected chi connectivity index (χ1v) is 29.8. The Hall–Kier alpha value is -12.0. The highest BCUT2D eigenvalue weighted by atomic mass is 15.1. The minimum atomic E-state index is 0.383. The summed E-state index contributed by atoms with van der Waals surface area (Å²) in [6, 6.07) is 108. The Morgan fingerprint density at radius 3 is 0.523 bits per heavy atom. The van der Waals surface area contributed by atoms with E-state index in [2.05, 4.69) is 322 Å². The lowest BCUT2D eigenvalue weighted by molar-refractivity contribution is 1.07. The lowest BCUT2D eigenvalue weighted by Crippen LogP contribution is -2.06. The van der Waals surface area contributed by atoms with Gasteiger partial charge in [-0.15, -0.1) is 0 Å². The van der Waals surface area contributed by atoms with Gasteiger partial charge in [0.1, 0.15) is 0 Å². The normalized spacial score (nSPS) is 11.9. The van der Waals surface area contributed by atoms with Crippen molar-refractivity contribution in [3.05, 3.63) is 303 Å². The van der Waals surface area contributed by atoms with Gasteiger partial charge in [0, 0.05) is 65.3 Å². The summed E-state index contributed by atoms with van der Waals surface area (Å²) in [5.41, 5.74) is 19.4. The molecule has 12 aromatic carbocycles. The predicted molar refractivity (Wildman–Crippen MR) is 362 cm³/mol. The third-order valence-electron chi connectivity index (χ3n) is 17.7. The fraction of sp³-hybridized carbons (Fsp3) is 0. The Morgan fingerprint density at radius 1 is 0.170 bits per heavy atom. The van der Waals surface area contributed by atoms with Crippen molar-refractivity contribution in [2.75, 3.05) is 0 Å². The first kappa shape index (κ1) is 49.4. The van der Waals surface area contributed by atoms with Crippen LogP contribution >= 0.6 is 0 Å². The van der Waals surface area contributed by atoms with E-state index in [1.165, 1.54) is 43.1 Å². The van der Waals surface area contributed by atoms with Crippen molar-refractivity contribution in [3.8, 4) is 79.4 Å². The van der Waals surface area contributed by atoms with Gasteiger partial charge in [0.2, 0.25) is 0 Å². The third-order valence-corrected chi connectivity index (χ3v) is 17.7. The third kappa shape index (κ3) is 7.59. The molecule has 0 unspecified atom stereocenters. The smallest absolute Gasteiger partial charge is 0.198 e. The number of aromatic nitrogens is 8. The van der Waals surface area contributed by atoms with Gasteiger partial charge >= 0.3 is 0 Å². The van der Waals surface area contributed by atoms with Crippen LogP contribution in [0.15, 0.2) is 303 Å². The molecule has 0 saturated carbocycles. The molecule has 88 heavy (non-hydrogen) atoms. The highest BCUT2D eigenvalue weighted by Gasteiger charge is 2.25. The molecule has 0 bridgehead atoms. The zero-order chi connectivity index (χ0) is 57.8. The number of para-hydroxylation sites is 12. The zero-order valence-electron chi connectivity index (χ0n) is 47.4. The summed E-state index contributed by atoms with van der Waals surface area (Å²) in [4.78, 5) is 22.9. The SMILES string of the molecule is c1ccc(-n2c3ccccc3c3ccccc32)c(-c2cc(-c3ccccc3-n3c4ccccc4c4ccccc43)nc(-c3nc(-c4ccccc4-n4c5ccccc5c5ccccc54)cc(-c4ccccc4-n4c5ccccc5c5ccccc54)n3)n2)c1. The molecule has 18 rings (SSSR count). The molecule has 0 N–H and O–H groups in total. The molecule has 8 heteroatoms. The maximum Gasteiger partial charge on any atom is 0.198 e. The second-order valence-corrected chi connectivity index (χ2v) is 22.5. The number of nitrogens with zero attached hydrogens (tertiary/aromatic N) is 8. The lowest BCUT2D eigenvalue weighted by atomic mass is 10.0. The van der Waals surface area contributed by atoms with Gasteiger partial charge in [-0.05, 0) is 84.9 Å². The second kappa shape index (κ2) is 19.8. The van der Waals surface area contributed by atoms with E-state index in [9.17, 15) is 0 Å². The maximum absolute atomic E-state index is 5.73. The molecule has 6 aromatic heterocycles. The molecule has 6 heterocycles. The van der Waals surface area contributed by atoms with Crippen LogP contribution in [0.3, 0.4) is 0 Å². The van der Waals surface area contributed by atoms with Crippen molar-refractivity contribution in [2.24, 2.45) is 0 Å². The van der Waals surface area contributed by atoms with Gasteiger partial charge in [-0.1, -0.05) is 218 Å². The Kier molecular flexibility index (Phi) is 11.1. The Balaban J connectivity index is 0.937. The Morgan fingerprint density at radius 2 is 0.330 bits per heavy atom. The van der Waals surface area contributed by atoms with Gasteiger partial charge in [0.25, 0.3) is 0 Å². The van der Waals surface area contributed by atoms with Crippen LogP contribution in [-0.4, -0.2) is 38.2 Å². The summed E-state index contributed by atoms with van der Waals surface area (Å²) in [6.07, 6.45) is 0. The largest absolute Gasteiger partial charge is 0.309 e. The second-order valence-electron chi connectivity index (χ2n) is 22.5. The van der Waals surface area contributed by atoms with Gasteiger partial charge in [-0.2, -0.15) is 0 Å². The van der Waals surface area contributed by atoms with Crippen molar-refractivity contribution >= 4 is 87.2 Å². The van der Waals surface area contributed by atoms with Gasteiger partial charge in [-0.25, -0.2) is 19.9 Å². The van der Waals surface area contributed by atoms with Crippen molar-refractivity contribution in [1.82, 2.24) is 38.2 Å². The summed E-state index contributed by atoms with van der Waals surface area (Å²) in [5, 5.41) is 9.42. The van der Waals surface area contributed by atoms with Gasteiger partial charge in [-0.3, -0.25) is 0 Å². The maximum atomic E-state index is 5.73. The molecule has 0 fully saturated rings. The van der Waals surface area contributed by atoms with Crippen LogP contribution in [0.25, 0.3) is 167 Å². The first-order chi connectivity index (χ1) is 43.7. The van der Waals surface area contributed by atoms with E-state index in [0.717, 1.165) is 112 Å². The summed E-state index contributed by atoms with van der Waals surface area (Å²) < 4.78 is 9.50. The number of fused-ring (bicyclic) bond motifs is 12. The van der Waals surface area contributed by atoms with Crippen LogP contribution in [0, 0.1) is 0 Å². The summed E-state index contributed by atoms with van der Waals surface area (Å²) >= 11 is 0. The molecule has 0 saturated heterocycles. The molecule has 0 spiro atoms. The molecule has 0 aliphatic heterocycles. The minimum absolute atomic E-state index is 0.383. The summed E-state index contributed by atoms with van der Waals surface area (Å²) in [7, 11) is 0. The average Bonchev–Trinajstić information content (AvgIpc) is 2.29. The van der Waals surface area contributed by atoms with E-state index in [-0.39, 0.29) is 0 Å². The fourth-order valence-electron chi connectivity index (χ4n) is 13.9. The topological polar surface area (TPSA) is 71.3 Å². The van der Waals surface area contributed by atoms with Crippen LogP contribution in [0.4, 0.5) is 0 Å². The van der Waals surface area contributed by atoms with E-state index in [4.69, 9.17) is 19.9 Å². The number of rotatable bonds is 9. The number of benzene rings is 12. The zero-order valence-corrected chi connectivity index (χ0v) is 47.4. The average molecular weight is 1120 g/mol. The van der Waals surface area contributed by atoms with Crippen LogP contribution in [0.2, 0.25) is 0 Å². The Labute approximate surface area is 505 Å². The lowest BCUT2D eigenvalue weighted by Gasteiger charge is -2.18. The highest BCUT2D eigenvalue weighted by Crippen LogP contribution is 2.43. The van der Waals surface area contributed by atoms with Crippen LogP contribution in [-0.2, 0) is 0 Å². The van der Waals surface area contributed by atoms with Crippen molar-refractivity contribution in [2.45, 2.75) is 0 Å². The van der Waals surface area contributed by atoms with E-state index in [1.807, 2.05) is 0 Å². The monoisotopic (exact) mass is 1120 g/mol. The van der Waals surface area contributed by atoms with Crippen LogP contribution < -0.4 is 0 Å². The standard InChI is InChI=1S/C80H50N8/c1-13-37-67-51(25-1)52-26-2-14-38-68(52)85(67)75-45-21-9-33-59(75)63-49-64(60-34-10-22-46-76(60)86-69-39-15-3-27-53(69)54-28-4-16-40-70(54)86)82-79(81-63)80-83-65(61-35-11-23-47-77(61)87-71-41-17-5-29-55(71)56-30-6-18-42-72(56)87)50-66(84-80)62-36-12-24-48-78(62)88-73-43-19-7-31-57(73)58-32-8-20-44-74(58)88/h1-50H. The minimum Gasteiger partial charge on any atom is -0.309 e. The van der Waals surface area contributed by atoms with Gasteiger partial charge in [0.15, 0.2) is 11.6 Å². The van der Waals surface area contributed by atoms with E-state index in [0.29, 0.717) is 11.6 Å². The number of hydrogen-bond donors (Lipinski definition) is 0. The van der Waals surface area contributed by atoms with Crippen molar-refractivity contribution in [1.29, 1.82) is 0 Å². The highest BCUT2D eigenvalue weighted by molar-refractivity contribution is 6.13. The van der Waals surface area contributed by atoms with E-state index in [1.54, 1.807) is 0 Å². The molecule has 0 atom stereocenters. The van der Waals surface area contributed by atoms with Gasteiger partial charge < -0.3 is 18.3 Å². The molecular formula is C80H50N8. The van der Waals surface area contributed by atoms with E-state index < -0.39 is 0 Å².